The number of hydrogen-bond donors (Lipinski definition) is 0. The Morgan fingerprint density at radius 2 is 0.923 bits per heavy atom. The van der Waals surface area contributed by atoms with Crippen molar-refractivity contribution < 1.29 is 16.8 Å². The van der Waals surface area contributed by atoms with Gasteiger partial charge in [0.1, 0.15) is 36.0 Å². The Bertz CT molecular complexity index is 922. The lowest BCUT2D eigenvalue weighted by Crippen LogP contribution is -2.36. The fourth-order valence-corrected chi connectivity index (χ4v) is 5.17. The van der Waals surface area contributed by atoms with Gasteiger partial charge in [-0.3, -0.25) is 0 Å². The molecule has 0 aliphatic heterocycles. The van der Waals surface area contributed by atoms with Crippen molar-refractivity contribution in [1.82, 2.24) is 8.61 Å². The van der Waals surface area contributed by atoms with Gasteiger partial charge in [-0.05, 0) is 12.1 Å². The number of hydrogen-bond acceptors (Lipinski definition) is 8. The van der Waals surface area contributed by atoms with Crippen LogP contribution < -0.4 is 0 Å². The molecule has 1 aromatic carbocycles. The highest BCUT2D eigenvalue weighted by Crippen LogP contribution is 2.26. The van der Waals surface area contributed by atoms with Crippen molar-refractivity contribution in [2.75, 3.05) is 26.2 Å². The third kappa shape index (κ3) is 4.34. The Morgan fingerprint density at radius 3 is 1.15 bits per heavy atom. The highest BCUT2D eigenvalue weighted by atomic mass is 32.2. The van der Waals surface area contributed by atoms with Crippen LogP contribution in [0.5, 0.6) is 0 Å². The molecule has 0 unspecified atom stereocenters. The number of nitrogens with zero attached hydrogens (tertiary/aromatic N) is 6. The largest absolute Gasteiger partial charge is 0.246 e. The van der Waals surface area contributed by atoms with Gasteiger partial charge in [0.2, 0.25) is 20.0 Å². The summed E-state index contributed by atoms with van der Waals surface area (Å²) in [6.45, 7) is -2.59. The van der Waals surface area contributed by atoms with Crippen LogP contribution in [-0.2, 0) is 20.0 Å². The van der Waals surface area contributed by atoms with Crippen LogP contribution in [0.3, 0.4) is 0 Å². The van der Waals surface area contributed by atoms with Gasteiger partial charge >= 0.3 is 0 Å². The standard InChI is InChI=1S/C14H12N6O4S2/c15-5-9-19(10-6-16)25(21,22)13-3-1-2-4-14(13)26(23,24)20(11-7-17)12-8-18/h1-4H,9-12H2. The first-order valence-electron chi connectivity index (χ1n) is 6.84. The highest BCUT2D eigenvalue weighted by Gasteiger charge is 2.34. The minimum Gasteiger partial charge on any atom is -0.207 e. The van der Waals surface area contributed by atoms with Gasteiger partial charge in [0.25, 0.3) is 0 Å². The van der Waals surface area contributed by atoms with Crippen LogP contribution in [0, 0.1) is 45.3 Å². The monoisotopic (exact) mass is 392 g/mol. The number of benzene rings is 1. The van der Waals surface area contributed by atoms with Crippen LogP contribution in [0.15, 0.2) is 34.1 Å². The van der Waals surface area contributed by atoms with Crippen molar-refractivity contribution in [2.45, 2.75) is 9.79 Å². The van der Waals surface area contributed by atoms with E-state index >= 15 is 0 Å². The van der Waals surface area contributed by atoms with Gasteiger partial charge in [0, 0.05) is 0 Å². The topological polar surface area (TPSA) is 170 Å². The van der Waals surface area contributed by atoms with Gasteiger partial charge in [-0.25, -0.2) is 16.8 Å². The molecule has 0 N–H and O–H groups in total. The van der Waals surface area contributed by atoms with Gasteiger partial charge in [-0.15, -0.1) is 0 Å². The maximum atomic E-state index is 12.7. The van der Waals surface area contributed by atoms with E-state index in [9.17, 15) is 16.8 Å². The van der Waals surface area contributed by atoms with Crippen molar-refractivity contribution in [3.63, 3.8) is 0 Å². The third-order valence-electron chi connectivity index (χ3n) is 3.07. The lowest BCUT2D eigenvalue weighted by Gasteiger charge is -2.21. The fraction of sp³-hybridized carbons (Fsp3) is 0.286. The molecule has 0 amide bonds. The van der Waals surface area contributed by atoms with E-state index in [0.29, 0.717) is 8.61 Å². The van der Waals surface area contributed by atoms with Crippen LogP contribution in [-0.4, -0.2) is 51.6 Å². The first kappa shape index (κ1) is 21.0. The maximum absolute atomic E-state index is 12.7. The molecule has 0 aromatic heterocycles. The zero-order valence-corrected chi connectivity index (χ0v) is 14.9. The molecular weight excluding hydrogens is 380 g/mol. The second-order valence-electron chi connectivity index (χ2n) is 4.63. The Balaban J connectivity index is 3.62. The minimum atomic E-state index is -4.49. The molecule has 0 spiro atoms. The molecule has 0 heterocycles. The van der Waals surface area contributed by atoms with Crippen LogP contribution >= 0.6 is 0 Å². The molecule has 0 saturated carbocycles. The highest BCUT2D eigenvalue weighted by molar-refractivity contribution is 7.92. The average Bonchev–Trinajstić information content (AvgIpc) is 2.61. The summed E-state index contributed by atoms with van der Waals surface area (Å²) < 4.78 is 52.0. The first-order chi connectivity index (χ1) is 12.3. The van der Waals surface area contributed by atoms with E-state index in [0.717, 1.165) is 12.1 Å². The molecule has 1 rings (SSSR count). The van der Waals surface area contributed by atoms with Crippen LogP contribution in [0.1, 0.15) is 0 Å². The summed E-state index contributed by atoms with van der Waals surface area (Å²) in [5.41, 5.74) is 0. The summed E-state index contributed by atoms with van der Waals surface area (Å²) in [5, 5.41) is 35.1. The fourth-order valence-electron chi connectivity index (χ4n) is 1.92. The van der Waals surface area contributed by atoms with Gasteiger partial charge in [-0.1, -0.05) is 12.1 Å². The van der Waals surface area contributed by atoms with Crippen molar-refractivity contribution in [3.8, 4) is 24.3 Å². The van der Waals surface area contributed by atoms with E-state index in [1.165, 1.54) is 12.1 Å². The first-order valence-corrected chi connectivity index (χ1v) is 9.72. The molecule has 12 heteroatoms. The predicted molar refractivity (Wildman–Crippen MR) is 86.4 cm³/mol. The molecule has 0 aliphatic carbocycles. The second-order valence-corrected chi connectivity index (χ2v) is 8.44. The minimum absolute atomic E-state index is 0.528. The average molecular weight is 392 g/mol. The normalized spacial score (nSPS) is 11.3. The van der Waals surface area contributed by atoms with Crippen molar-refractivity contribution in [3.05, 3.63) is 24.3 Å². The predicted octanol–water partition coefficient (Wildman–Crippen LogP) is -0.238. The third-order valence-corrected chi connectivity index (χ3v) is 6.90. The Morgan fingerprint density at radius 1 is 0.654 bits per heavy atom. The molecule has 26 heavy (non-hydrogen) atoms. The summed E-state index contributed by atoms with van der Waals surface area (Å²) in [6.07, 6.45) is 0. The summed E-state index contributed by atoms with van der Waals surface area (Å²) in [4.78, 5) is -1.29. The lowest BCUT2D eigenvalue weighted by molar-refractivity contribution is 0.467. The quantitative estimate of drug-likeness (QED) is 0.546. The van der Waals surface area contributed by atoms with E-state index < -0.39 is 56.0 Å². The molecule has 0 atom stereocenters. The van der Waals surface area contributed by atoms with Gasteiger partial charge < -0.3 is 0 Å². The van der Waals surface area contributed by atoms with E-state index in [1.54, 1.807) is 24.3 Å². The van der Waals surface area contributed by atoms with E-state index in [1.807, 2.05) is 0 Å². The van der Waals surface area contributed by atoms with Gasteiger partial charge in [0.15, 0.2) is 0 Å². The SMILES string of the molecule is N#CCN(CC#N)S(=O)(=O)c1ccccc1S(=O)(=O)N(CC#N)CC#N. The Hall–Kier alpha value is -3.00. The summed E-state index contributed by atoms with van der Waals surface area (Å²) >= 11 is 0. The smallest absolute Gasteiger partial charge is 0.207 e. The number of sulfonamides is 2. The van der Waals surface area contributed by atoms with Gasteiger partial charge in [-0.2, -0.15) is 29.7 Å². The van der Waals surface area contributed by atoms with E-state index in [2.05, 4.69) is 0 Å². The van der Waals surface area contributed by atoms with Crippen molar-refractivity contribution in [1.29, 1.82) is 21.0 Å². The van der Waals surface area contributed by atoms with E-state index in [4.69, 9.17) is 21.0 Å². The molecule has 0 fully saturated rings. The maximum Gasteiger partial charge on any atom is 0.246 e. The van der Waals surface area contributed by atoms with Gasteiger partial charge in [0.05, 0.1) is 24.3 Å². The summed E-state index contributed by atoms with van der Waals surface area (Å²) in [6, 6.07) is 11.0. The zero-order chi connectivity index (χ0) is 19.8. The molecular formula is C14H12N6O4S2. The van der Waals surface area contributed by atoms with Crippen LogP contribution in [0.4, 0.5) is 0 Å². The van der Waals surface area contributed by atoms with E-state index in [-0.39, 0.29) is 0 Å². The molecule has 0 bridgehead atoms. The molecule has 0 saturated heterocycles. The van der Waals surface area contributed by atoms with Crippen LogP contribution in [0.2, 0.25) is 0 Å². The van der Waals surface area contributed by atoms with Crippen molar-refractivity contribution >= 4 is 20.0 Å². The molecule has 0 radical (unpaired) electrons. The molecule has 1 aromatic rings. The molecule has 10 nitrogen and oxygen atoms in total. The second kappa shape index (κ2) is 8.91. The summed E-state index contributed by atoms with van der Waals surface area (Å²) in [7, 11) is -8.97. The summed E-state index contributed by atoms with van der Waals surface area (Å²) in [5.74, 6) is 0. The van der Waals surface area contributed by atoms with Crippen LogP contribution in [0.25, 0.3) is 0 Å². The molecule has 134 valence electrons. The number of nitriles is 4. The number of rotatable bonds is 8. The Kier molecular flexibility index (Phi) is 7.21. The zero-order valence-electron chi connectivity index (χ0n) is 13.3. The Labute approximate surface area is 151 Å². The molecule has 0 aliphatic rings. The van der Waals surface area contributed by atoms with Crippen molar-refractivity contribution in [2.24, 2.45) is 0 Å². The lowest BCUT2D eigenvalue weighted by atomic mass is 10.4.